The van der Waals surface area contributed by atoms with Crippen molar-refractivity contribution in [3.63, 3.8) is 0 Å². The molecule has 0 aliphatic carbocycles. The normalized spacial score (nSPS) is 32.1. The maximum absolute atomic E-state index is 13.6. The number of hydrogen-bond acceptors (Lipinski definition) is 16. The Morgan fingerprint density at radius 3 is 2.44 bits per heavy atom. The average molecular weight is 809 g/mol. The minimum Gasteiger partial charge on any atom is -0.508 e. The van der Waals surface area contributed by atoms with Crippen LogP contribution < -0.4 is 0 Å². The van der Waals surface area contributed by atoms with Gasteiger partial charge >= 0.3 is 11.9 Å². The molecule has 3 heterocycles. The van der Waals surface area contributed by atoms with Gasteiger partial charge in [-0.3, -0.25) is 4.79 Å². The van der Waals surface area contributed by atoms with Gasteiger partial charge in [-0.15, -0.1) is 0 Å². The molecule has 0 bridgehead atoms. The molecule has 3 aliphatic rings. The summed E-state index contributed by atoms with van der Waals surface area (Å²) in [7, 11) is 0. The molecule has 2 fully saturated rings. The molecule has 0 amide bonds. The van der Waals surface area contributed by atoms with E-state index >= 15 is 0 Å². The van der Waals surface area contributed by atoms with E-state index in [1.807, 2.05) is 6.92 Å². The van der Waals surface area contributed by atoms with Crippen molar-refractivity contribution in [1.82, 2.24) is 0 Å². The number of esters is 2. The van der Waals surface area contributed by atoms with Crippen molar-refractivity contribution >= 4 is 11.9 Å². The predicted molar refractivity (Wildman–Crippen MR) is 202 cm³/mol. The number of aromatic hydroxyl groups is 2. The standard InChI is InChI=1S/C41H60O16/c1-6-22(3)13-9-8-10-14-23(4)27(44)16-12-11-15-24(5)39(51)55-37-36(56-40-35(49)34(48)33(47)30(54-40)21-52-31(46)7-2)29(19-42)57-41(38(37)50)32-25(20-53-41)17-26(43)18-28(32)45/h9,11-13,15,17-18,22-23,27,29-30,33-38,40,42-45,47-50H,6-8,10,14,16,19-21H2,1-5H3/b12-11+,13-9+,24-15+/t22?,23?,27?,29?,30?,33?,34?,35?,36-,37?,38?,40?,41?/m1/s1. The molecule has 0 aromatic heterocycles. The molecule has 3 aliphatic heterocycles. The lowest BCUT2D eigenvalue weighted by atomic mass is 9.86. The summed E-state index contributed by atoms with van der Waals surface area (Å²) in [6.07, 6.45) is -2.96. The summed E-state index contributed by atoms with van der Waals surface area (Å²) in [6, 6.07) is 2.28. The van der Waals surface area contributed by atoms with Crippen molar-refractivity contribution in [1.29, 1.82) is 0 Å². The Labute approximate surface area is 332 Å². The molecule has 8 N–H and O–H groups in total. The molecule has 0 radical (unpaired) electrons. The first-order chi connectivity index (χ1) is 27.1. The molecule has 16 nitrogen and oxygen atoms in total. The maximum atomic E-state index is 13.6. The average Bonchev–Trinajstić information content (AvgIpc) is 3.56. The first-order valence-corrected chi connectivity index (χ1v) is 19.6. The van der Waals surface area contributed by atoms with Crippen LogP contribution >= 0.6 is 0 Å². The highest BCUT2D eigenvalue weighted by Crippen LogP contribution is 2.51. The Kier molecular flexibility index (Phi) is 17.1. The molecule has 1 aromatic rings. The summed E-state index contributed by atoms with van der Waals surface area (Å²) in [5.74, 6) is -4.07. The van der Waals surface area contributed by atoms with Crippen LogP contribution in [0.15, 0.2) is 48.1 Å². The zero-order chi connectivity index (χ0) is 42.0. The second kappa shape index (κ2) is 21.0. The predicted octanol–water partition coefficient (Wildman–Crippen LogP) is 2.25. The van der Waals surface area contributed by atoms with E-state index in [1.54, 1.807) is 19.1 Å². The van der Waals surface area contributed by atoms with Gasteiger partial charge in [0.15, 0.2) is 18.5 Å². The van der Waals surface area contributed by atoms with Gasteiger partial charge in [-0.1, -0.05) is 64.5 Å². The second-order valence-electron chi connectivity index (χ2n) is 15.1. The zero-order valence-corrected chi connectivity index (χ0v) is 33.2. The largest absolute Gasteiger partial charge is 0.508 e. The maximum Gasteiger partial charge on any atom is 0.334 e. The fraction of sp³-hybridized carbons (Fsp3) is 0.659. The number of aliphatic hydroxyl groups is 6. The molecule has 12 unspecified atom stereocenters. The smallest absolute Gasteiger partial charge is 0.334 e. The Balaban J connectivity index is 1.54. The number of carbonyl (C=O) groups is 2. The van der Waals surface area contributed by atoms with E-state index in [1.165, 1.54) is 19.1 Å². The number of ether oxygens (including phenoxy) is 6. The highest BCUT2D eigenvalue weighted by atomic mass is 16.8. The third-order valence-corrected chi connectivity index (χ3v) is 10.7. The van der Waals surface area contributed by atoms with Gasteiger partial charge in [-0.05, 0) is 56.1 Å². The van der Waals surface area contributed by atoms with Gasteiger partial charge in [0.25, 0.3) is 0 Å². The van der Waals surface area contributed by atoms with Crippen LogP contribution in [0.25, 0.3) is 0 Å². The quantitative estimate of drug-likeness (QED) is 0.0348. The molecule has 1 spiro atoms. The first kappa shape index (κ1) is 46.3. The van der Waals surface area contributed by atoms with Crippen molar-refractivity contribution in [2.24, 2.45) is 11.8 Å². The summed E-state index contributed by atoms with van der Waals surface area (Å²) in [5.41, 5.74) is 0.192. The van der Waals surface area contributed by atoms with Crippen LogP contribution in [-0.4, -0.2) is 127 Å². The van der Waals surface area contributed by atoms with E-state index in [9.17, 15) is 50.4 Å². The molecule has 57 heavy (non-hydrogen) atoms. The Morgan fingerprint density at radius 1 is 1.02 bits per heavy atom. The highest BCUT2D eigenvalue weighted by molar-refractivity contribution is 5.88. The molecule has 320 valence electrons. The molecule has 1 aromatic carbocycles. The van der Waals surface area contributed by atoms with Crippen molar-refractivity contribution in [3.8, 4) is 11.5 Å². The van der Waals surface area contributed by atoms with Crippen molar-refractivity contribution in [2.75, 3.05) is 13.2 Å². The van der Waals surface area contributed by atoms with Crippen LogP contribution in [0.5, 0.6) is 11.5 Å². The summed E-state index contributed by atoms with van der Waals surface area (Å²) in [5, 5.41) is 86.3. The van der Waals surface area contributed by atoms with Crippen LogP contribution in [-0.2, 0) is 50.4 Å². The van der Waals surface area contributed by atoms with Crippen LogP contribution in [0.4, 0.5) is 0 Å². The van der Waals surface area contributed by atoms with Crippen LogP contribution in [0, 0.1) is 11.8 Å². The van der Waals surface area contributed by atoms with E-state index in [4.69, 9.17) is 28.4 Å². The Hall–Kier alpha value is -3.42. The number of allylic oxidation sites excluding steroid dienone is 4. The van der Waals surface area contributed by atoms with Crippen molar-refractivity contribution < 1.29 is 78.9 Å². The highest BCUT2D eigenvalue weighted by Gasteiger charge is 2.63. The van der Waals surface area contributed by atoms with E-state index < -0.39 is 97.9 Å². The van der Waals surface area contributed by atoms with Gasteiger partial charge in [0.2, 0.25) is 5.79 Å². The minimum absolute atomic E-state index is 0.0143. The van der Waals surface area contributed by atoms with E-state index in [2.05, 4.69) is 26.0 Å². The van der Waals surface area contributed by atoms with Gasteiger partial charge in [0.1, 0.15) is 54.7 Å². The third kappa shape index (κ3) is 11.2. The van der Waals surface area contributed by atoms with Gasteiger partial charge in [-0.25, -0.2) is 4.79 Å². The summed E-state index contributed by atoms with van der Waals surface area (Å²) < 4.78 is 34.6. The number of aliphatic hydroxyl groups excluding tert-OH is 6. The monoisotopic (exact) mass is 808 g/mol. The summed E-state index contributed by atoms with van der Waals surface area (Å²) in [6.45, 7) is 7.64. The molecular weight excluding hydrogens is 748 g/mol. The fourth-order valence-corrected chi connectivity index (χ4v) is 6.94. The number of hydrogen-bond donors (Lipinski definition) is 8. The first-order valence-electron chi connectivity index (χ1n) is 19.6. The minimum atomic E-state index is -2.25. The Morgan fingerprint density at radius 2 is 1.75 bits per heavy atom. The van der Waals surface area contributed by atoms with E-state index in [-0.39, 0.29) is 41.4 Å². The number of phenols is 2. The van der Waals surface area contributed by atoms with Crippen molar-refractivity contribution in [3.05, 3.63) is 59.2 Å². The van der Waals surface area contributed by atoms with Gasteiger partial charge in [-0.2, -0.15) is 0 Å². The van der Waals surface area contributed by atoms with E-state index in [0.29, 0.717) is 12.3 Å². The number of unbranched alkanes of at least 4 members (excludes halogenated alkanes) is 1. The second-order valence-corrected chi connectivity index (χ2v) is 15.1. The van der Waals surface area contributed by atoms with Crippen molar-refractivity contribution in [2.45, 2.75) is 147 Å². The number of fused-ring (bicyclic) bond motifs is 2. The lowest BCUT2D eigenvalue weighted by Crippen LogP contribution is -2.67. The number of carbonyl (C=O) groups excluding carboxylic acids is 2. The third-order valence-electron chi connectivity index (χ3n) is 10.7. The number of benzene rings is 1. The van der Waals surface area contributed by atoms with Crippen LogP contribution in [0.1, 0.15) is 84.3 Å². The SMILES string of the molecule is CCC(=O)OCC1OC(O[C@@H]2C(CO)OC3(OCc4cc(O)cc(O)c43)C(O)C2OC(=O)/C(C)=C/C=C/CC(O)C(C)CCC/C=C/C(C)CC)C(O)C(O)C1O. The lowest BCUT2D eigenvalue weighted by molar-refractivity contribution is -0.395. The van der Waals surface area contributed by atoms with Crippen LogP contribution in [0.2, 0.25) is 0 Å². The molecule has 16 heteroatoms. The lowest BCUT2D eigenvalue weighted by Gasteiger charge is -2.50. The molecular formula is C41H60O16. The van der Waals surface area contributed by atoms with Gasteiger partial charge in [0, 0.05) is 18.1 Å². The van der Waals surface area contributed by atoms with Gasteiger partial charge in [0.05, 0.1) is 24.9 Å². The molecule has 13 atom stereocenters. The number of phenolic OH excluding ortho intramolecular Hbond substituents is 2. The summed E-state index contributed by atoms with van der Waals surface area (Å²) >= 11 is 0. The topological polar surface area (TPSA) is 251 Å². The van der Waals surface area contributed by atoms with Gasteiger partial charge < -0.3 is 69.3 Å². The molecule has 0 saturated carbocycles. The summed E-state index contributed by atoms with van der Waals surface area (Å²) in [4.78, 5) is 25.4. The van der Waals surface area contributed by atoms with Crippen LogP contribution in [0.3, 0.4) is 0 Å². The molecule has 2 saturated heterocycles. The zero-order valence-electron chi connectivity index (χ0n) is 33.2. The molecule has 4 rings (SSSR count). The van der Waals surface area contributed by atoms with E-state index in [0.717, 1.165) is 31.7 Å². The number of rotatable bonds is 18. The fourth-order valence-electron chi connectivity index (χ4n) is 6.94. The Bertz CT molecular complexity index is 1580.